The molecule has 0 bridgehead atoms. The maximum Gasteiger partial charge on any atom is 0.426 e. The van der Waals surface area contributed by atoms with E-state index in [0.717, 1.165) is 0 Å². The fourth-order valence-corrected chi connectivity index (χ4v) is 2.23. The van der Waals surface area contributed by atoms with Gasteiger partial charge in [-0.1, -0.05) is 11.6 Å². The zero-order valence-electron chi connectivity index (χ0n) is 9.79. The Morgan fingerprint density at radius 3 is 2.63 bits per heavy atom. The van der Waals surface area contributed by atoms with Gasteiger partial charge in [-0.3, -0.25) is 4.79 Å². The molecule has 1 aromatic rings. The summed E-state index contributed by atoms with van der Waals surface area (Å²) in [5.74, 6) is -3.15. The zero-order chi connectivity index (χ0) is 14.4. The summed E-state index contributed by atoms with van der Waals surface area (Å²) in [6.07, 6.45) is -7.32. The van der Waals surface area contributed by atoms with E-state index >= 15 is 0 Å². The van der Waals surface area contributed by atoms with E-state index in [9.17, 15) is 18.0 Å². The van der Waals surface area contributed by atoms with E-state index in [0.29, 0.717) is 16.1 Å². The molecule has 1 N–H and O–H groups in total. The molecule has 0 aliphatic carbocycles. The third-order valence-corrected chi connectivity index (χ3v) is 3.45. The van der Waals surface area contributed by atoms with Gasteiger partial charge in [0.2, 0.25) is 6.10 Å². The van der Waals surface area contributed by atoms with Crippen LogP contribution in [-0.2, 0) is 11.2 Å². The van der Waals surface area contributed by atoms with Gasteiger partial charge in [-0.2, -0.15) is 13.2 Å². The number of hydrogen-bond donors (Lipinski definition) is 1. The molecule has 0 aromatic heterocycles. The lowest BCUT2D eigenvalue weighted by Gasteiger charge is -2.32. The Kier molecular flexibility index (Phi) is 3.38. The third kappa shape index (κ3) is 2.63. The number of aryl methyl sites for hydroxylation is 1. The monoisotopic (exact) mass is 294 g/mol. The molecule has 1 aliphatic heterocycles. The van der Waals surface area contributed by atoms with Crippen LogP contribution in [-0.4, -0.2) is 23.4 Å². The minimum atomic E-state index is -4.73. The predicted octanol–water partition coefficient (Wildman–Crippen LogP) is 3.22. The summed E-state index contributed by atoms with van der Waals surface area (Å²) in [5.41, 5.74) is 0.957. The standard InChI is InChI=1S/C12H10ClF3O3/c1-5-2-9-6(4-8(5)13)3-7(11(17)18)10(19-9)12(14,15)16/h2,4,7,10H,3H2,1H3,(H,17,18). The number of fused-ring (bicyclic) bond motifs is 1. The van der Waals surface area contributed by atoms with Gasteiger partial charge in [0.1, 0.15) is 11.7 Å². The maximum atomic E-state index is 12.8. The number of carbonyl (C=O) groups is 1. The number of hydrogen-bond acceptors (Lipinski definition) is 2. The second-order valence-corrected chi connectivity index (χ2v) is 4.85. The Morgan fingerprint density at radius 1 is 1.47 bits per heavy atom. The van der Waals surface area contributed by atoms with E-state index in [4.69, 9.17) is 21.4 Å². The molecule has 104 valence electrons. The highest BCUT2D eigenvalue weighted by Gasteiger charge is 2.52. The lowest BCUT2D eigenvalue weighted by molar-refractivity contribution is -0.217. The first-order valence-electron chi connectivity index (χ1n) is 5.45. The molecule has 0 radical (unpaired) electrons. The van der Waals surface area contributed by atoms with Gasteiger partial charge in [0.25, 0.3) is 0 Å². The lowest BCUT2D eigenvalue weighted by Crippen LogP contribution is -2.47. The molecule has 2 rings (SSSR count). The quantitative estimate of drug-likeness (QED) is 0.865. The molecule has 0 saturated carbocycles. The zero-order valence-corrected chi connectivity index (χ0v) is 10.5. The van der Waals surface area contributed by atoms with Crippen LogP contribution in [0.1, 0.15) is 11.1 Å². The summed E-state index contributed by atoms with van der Waals surface area (Å²) in [6.45, 7) is 1.64. The van der Waals surface area contributed by atoms with Crippen LogP contribution >= 0.6 is 11.6 Å². The van der Waals surface area contributed by atoms with Crippen molar-refractivity contribution >= 4 is 17.6 Å². The van der Waals surface area contributed by atoms with Crippen LogP contribution < -0.4 is 4.74 Å². The molecular formula is C12H10ClF3O3. The van der Waals surface area contributed by atoms with Gasteiger partial charge in [0, 0.05) is 5.02 Å². The molecule has 3 nitrogen and oxygen atoms in total. The van der Waals surface area contributed by atoms with Crippen molar-refractivity contribution in [3.8, 4) is 5.75 Å². The third-order valence-electron chi connectivity index (χ3n) is 3.04. The van der Waals surface area contributed by atoms with Crippen molar-refractivity contribution in [1.82, 2.24) is 0 Å². The fraction of sp³-hybridized carbons (Fsp3) is 0.417. The van der Waals surface area contributed by atoms with Crippen LogP contribution in [0.15, 0.2) is 12.1 Å². The summed E-state index contributed by atoms with van der Waals surface area (Å²) in [6, 6.07) is 2.85. The van der Waals surface area contributed by atoms with Crippen molar-refractivity contribution in [1.29, 1.82) is 0 Å². The molecular weight excluding hydrogens is 285 g/mol. The molecule has 1 heterocycles. The molecule has 0 saturated heterocycles. The van der Waals surface area contributed by atoms with Crippen molar-refractivity contribution in [2.75, 3.05) is 0 Å². The summed E-state index contributed by atoms with van der Waals surface area (Å²) in [4.78, 5) is 11.0. The number of carboxylic acids is 1. The molecule has 1 aromatic carbocycles. The molecule has 0 amide bonds. The van der Waals surface area contributed by atoms with Crippen molar-refractivity contribution in [3.05, 3.63) is 28.3 Å². The smallest absolute Gasteiger partial charge is 0.426 e. The van der Waals surface area contributed by atoms with E-state index in [1.54, 1.807) is 6.92 Å². The molecule has 0 spiro atoms. The lowest BCUT2D eigenvalue weighted by atomic mass is 9.90. The second-order valence-electron chi connectivity index (χ2n) is 4.44. The minimum absolute atomic E-state index is 0.0433. The van der Waals surface area contributed by atoms with E-state index in [2.05, 4.69) is 0 Å². The van der Waals surface area contributed by atoms with E-state index < -0.39 is 24.2 Å². The average molecular weight is 295 g/mol. The minimum Gasteiger partial charge on any atom is -0.481 e. The van der Waals surface area contributed by atoms with Crippen LogP contribution in [0.25, 0.3) is 0 Å². The highest BCUT2D eigenvalue weighted by Crippen LogP contribution is 2.40. The Labute approximate surface area is 111 Å². The van der Waals surface area contributed by atoms with Gasteiger partial charge in [-0.05, 0) is 36.6 Å². The van der Waals surface area contributed by atoms with Gasteiger partial charge < -0.3 is 9.84 Å². The van der Waals surface area contributed by atoms with Crippen molar-refractivity contribution < 1.29 is 27.8 Å². The van der Waals surface area contributed by atoms with Crippen LogP contribution in [0.4, 0.5) is 13.2 Å². The topological polar surface area (TPSA) is 46.5 Å². The van der Waals surface area contributed by atoms with Gasteiger partial charge in [0.15, 0.2) is 0 Å². The summed E-state index contributed by atoms with van der Waals surface area (Å²) in [7, 11) is 0. The molecule has 7 heteroatoms. The SMILES string of the molecule is Cc1cc2c(cc1Cl)CC(C(=O)O)C(C(F)(F)F)O2. The summed E-state index contributed by atoms with van der Waals surface area (Å²) in [5, 5.41) is 9.28. The Bertz CT molecular complexity index is 528. The molecule has 19 heavy (non-hydrogen) atoms. The van der Waals surface area contributed by atoms with Gasteiger partial charge in [-0.25, -0.2) is 0 Å². The van der Waals surface area contributed by atoms with E-state index in [1.807, 2.05) is 0 Å². The van der Waals surface area contributed by atoms with Gasteiger partial charge >= 0.3 is 12.1 Å². The Balaban J connectivity index is 2.45. The number of halogens is 4. The first kappa shape index (κ1) is 14.0. The Morgan fingerprint density at radius 2 is 2.11 bits per heavy atom. The molecule has 2 atom stereocenters. The first-order valence-corrected chi connectivity index (χ1v) is 5.83. The fourth-order valence-electron chi connectivity index (χ4n) is 2.04. The van der Waals surface area contributed by atoms with E-state index in [1.165, 1.54) is 12.1 Å². The van der Waals surface area contributed by atoms with Gasteiger partial charge in [0.05, 0.1) is 0 Å². The number of rotatable bonds is 1. The van der Waals surface area contributed by atoms with Crippen LogP contribution in [0.3, 0.4) is 0 Å². The van der Waals surface area contributed by atoms with Gasteiger partial charge in [-0.15, -0.1) is 0 Å². The number of benzene rings is 1. The number of alkyl halides is 3. The van der Waals surface area contributed by atoms with Crippen molar-refractivity contribution in [3.63, 3.8) is 0 Å². The van der Waals surface area contributed by atoms with Crippen LogP contribution in [0, 0.1) is 12.8 Å². The van der Waals surface area contributed by atoms with E-state index in [-0.39, 0.29) is 12.2 Å². The average Bonchev–Trinajstić information content (AvgIpc) is 2.27. The molecule has 0 fully saturated rings. The van der Waals surface area contributed by atoms with Crippen molar-refractivity contribution in [2.45, 2.75) is 25.6 Å². The summed E-state index contributed by atoms with van der Waals surface area (Å²) >= 11 is 5.87. The molecule has 2 unspecified atom stereocenters. The van der Waals surface area contributed by atoms with Crippen LogP contribution in [0.2, 0.25) is 5.02 Å². The highest BCUT2D eigenvalue weighted by molar-refractivity contribution is 6.31. The highest BCUT2D eigenvalue weighted by atomic mass is 35.5. The normalized spacial score (nSPS) is 22.6. The maximum absolute atomic E-state index is 12.8. The number of aliphatic carboxylic acids is 1. The van der Waals surface area contributed by atoms with Crippen molar-refractivity contribution in [2.24, 2.45) is 5.92 Å². The first-order chi connectivity index (χ1) is 8.70. The molecule has 1 aliphatic rings. The second kappa shape index (κ2) is 4.59. The number of ether oxygens (including phenoxy) is 1. The van der Waals surface area contributed by atoms with Crippen LogP contribution in [0.5, 0.6) is 5.75 Å². The summed E-state index contributed by atoms with van der Waals surface area (Å²) < 4.78 is 43.3. The largest absolute Gasteiger partial charge is 0.481 e. The number of carboxylic acid groups (broad SMARTS) is 1. The predicted molar refractivity (Wildman–Crippen MR) is 61.5 cm³/mol. The Hall–Kier alpha value is -1.43.